The fourth-order valence-electron chi connectivity index (χ4n) is 4.01. The van der Waals surface area contributed by atoms with Crippen LogP contribution < -0.4 is 0 Å². The van der Waals surface area contributed by atoms with E-state index in [1.807, 2.05) is 35.2 Å². The molecular formula is C22H21FN2O2. The van der Waals surface area contributed by atoms with Crippen molar-refractivity contribution in [3.05, 3.63) is 77.7 Å². The third kappa shape index (κ3) is 3.43. The summed E-state index contributed by atoms with van der Waals surface area (Å²) in [6, 6.07) is 15.2. The largest absolute Gasteiger partial charge is 0.480 e. The number of fused-ring (bicyclic) bond motifs is 1. The van der Waals surface area contributed by atoms with Gasteiger partial charge in [0, 0.05) is 17.1 Å². The summed E-state index contributed by atoms with van der Waals surface area (Å²) in [5.41, 5.74) is 2.16. The van der Waals surface area contributed by atoms with Gasteiger partial charge in [0.1, 0.15) is 11.9 Å². The lowest BCUT2D eigenvalue weighted by Crippen LogP contribution is -2.47. The second-order valence-corrected chi connectivity index (χ2v) is 6.97. The number of halogens is 1. The minimum Gasteiger partial charge on any atom is -0.480 e. The van der Waals surface area contributed by atoms with Crippen LogP contribution in [-0.4, -0.2) is 33.5 Å². The average molecular weight is 364 g/mol. The van der Waals surface area contributed by atoms with Crippen molar-refractivity contribution in [3.63, 3.8) is 0 Å². The van der Waals surface area contributed by atoms with Gasteiger partial charge in [-0.15, -0.1) is 0 Å². The number of rotatable bonds is 4. The van der Waals surface area contributed by atoms with Gasteiger partial charge >= 0.3 is 5.97 Å². The number of aromatic nitrogens is 1. The molecule has 2 atom stereocenters. The highest BCUT2D eigenvalue weighted by atomic mass is 19.1. The van der Waals surface area contributed by atoms with Gasteiger partial charge in [0.15, 0.2) is 0 Å². The van der Waals surface area contributed by atoms with Gasteiger partial charge in [-0.1, -0.05) is 42.8 Å². The maximum Gasteiger partial charge on any atom is 0.320 e. The molecule has 1 fully saturated rings. The van der Waals surface area contributed by atoms with Crippen molar-refractivity contribution in [2.45, 2.75) is 31.3 Å². The Morgan fingerprint density at radius 3 is 2.74 bits per heavy atom. The molecule has 0 amide bonds. The van der Waals surface area contributed by atoms with Crippen LogP contribution in [0, 0.1) is 5.82 Å². The average Bonchev–Trinajstić information content (AvgIpc) is 2.70. The van der Waals surface area contributed by atoms with E-state index < -0.39 is 18.1 Å². The standard InChI is InChI=1S/C22H21FN2O2/c23-18-9-3-2-8-17(18)21(25-12-6-5-11-20(25)22(26)27)16-13-15-7-1-4-10-19(15)24-14-16/h1-4,7-10,13-14,20-21H,5-6,11-12H2,(H,26,27). The normalized spacial score (nSPS) is 19.1. The molecule has 0 spiro atoms. The molecule has 138 valence electrons. The second kappa shape index (κ2) is 7.45. The molecule has 0 saturated carbocycles. The second-order valence-electron chi connectivity index (χ2n) is 6.97. The summed E-state index contributed by atoms with van der Waals surface area (Å²) in [5, 5.41) is 10.7. The predicted molar refractivity (Wildman–Crippen MR) is 102 cm³/mol. The van der Waals surface area contributed by atoms with Crippen LogP contribution in [0.15, 0.2) is 60.8 Å². The van der Waals surface area contributed by atoms with Crippen LogP contribution >= 0.6 is 0 Å². The summed E-state index contributed by atoms with van der Waals surface area (Å²) >= 11 is 0. The van der Waals surface area contributed by atoms with Crippen molar-refractivity contribution in [2.24, 2.45) is 0 Å². The summed E-state index contributed by atoms with van der Waals surface area (Å²) in [4.78, 5) is 18.3. The first-order valence-electron chi connectivity index (χ1n) is 9.23. The minimum atomic E-state index is -0.857. The highest BCUT2D eigenvalue weighted by Gasteiger charge is 2.36. The van der Waals surface area contributed by atoms with Gasteiger partial charge in [-0.2, -0.15) is 0 Å². The monoisotopic (exact) mass is 364 g/mol. The van der Waals surface area contributed by atoms with E-state index in [9.17, 15) is 14.3 Å². The number of aliphatic carboxylic acids is 1. The Hall–Kier alpha value is -2.79. The molecule has 3 aromatic rings. The molecule has 4 nitrogen and oxygen atoms in total. The Morgan fingerprint density at radius 2 is 1.93 bits per heavy atom. The van der Waals surface area contributed by atoms with Crippen LogP contribution in [0.2, 0.25) is 0 Å². The Bertz CT molecular complexity index is 975. The first-order valence-corrected chi connectivity index (χ1v) is 9.23. The van der Waals surface area contributed by atoms with Gasteiger partial charge in [-0.05, 0) is 43.1 Å². The van der Waals surface area contributed by atoms with Gasteiger partial charge in [-0.25, -0.2) is 4.39 Å². The Morgan fingerprint density at radius 1 is 1.15 bits per heavy atom. The fourth-order valence-corrected chi connectivity index (χ4v) is 4.01. The summed E-state index contributed by atoms with van der Waals surface area (Å²) in [7, 11) is 0. The lowest BCUT2D eigenvalue weighted by atomic mass is 9.91. The van der Waals surface area contributed by atoms with E-state index in [2.05, 4.69) is 4.98 Å². The maximum absolute atomic E-state index is 14.7. The zero-order valence-corrected chi connectivity index (χ0v) is 14.9. The molecule has 2 unspecified atom stereocenters. The molecule has 1 aliphatic rings. The van der Waals surface area contributed by atoms with Gasteiger partial charge in [0.2, 0.25) is 0 Å². The Labute approximate surface area is 157 Å². The lowest BCUT2D eigenvalue weighted by Gasteiger charge is -2.39. The van der Waals surface area contributed by atoms with E-state index in [1.165, 1.54) is 6.07 Å². The number of benzene rings is 2. The van der Waals surface area contributed by atoms with E-state index in [0.29, 0.717) is 18.5 Å². The first kappa shape index (κ1) is 17.6. The maximum atomic E-state index is 14.7. The van der Waals surface area contributed by atoms with Gasteiger partial charge < -0.3 is 5.11 Å². The topological polar surface area (TPSA) is 53.4 Å². The molecular weight excluding hydrogens is 343 g/mol. The molecule has 0 bridgehead atoms. The number of para-hydroxylation sites is 1. The number of nitrogens with zero attached hydrogens (tertiary/aromatic N) is 2. The zero-order chi connectivity index (χ0) is 18.8. The molecule has 1 aliphatic heterocycles. The number of pyridine rings is 1. The first-order chi connectivity index (χ1) is 13.1. The summed E-state index contributed by atoms with van der Waals surface area (Å²) < 4.78 is 14.7. The third-order valence-corrected chi connectivity index (χ3v) is 5.29. The summed E-state index contributed by atoms with van der Waals surface area (Å²) in [6.07, 6.45) is 4.08. The van der Waals surface area contributed by atoms with Gasteiger partial charge in [0.25, 0.3) is 0 Å². The molecule has 0 radical (unpaired) electrons. The number of carboxylic acid groups (broad SMARTS) is 1. The third-order valence-electron chi connectivity index (χ3n) is 5.29. The predicted octanol–water partition coefficient (Wildman–Crippen LogP) is 4.40. The van der Waals surface area contributed by atoms with Crippen LogP contribution in [0.3, 0.4) is 0 Å². The van der Waals surface area contributed by atoms with Crippen molar-refractivity contribution < 1.29 is 14.3 Å². The lowest BCUT2D eigenvalue weighted by molar-refractivity contribution is -0.145. The van der Waals surface area contributed by atoms with Crippen molar-refractivity contribution in [1.82, 2.24) is 9.88 Å². The SMILES string of the molecule is O=C(O)C1CCCCN1C(c1cnc2ccccc2c1)c1ccccc1F. The number of carboxylic acids is 1. The van der Waals surface area contributed by atoms with E-state index in [1.54, 1.807) is 24.4 Å². The highest BCUT2D eigenvalue weighted by molar-refractivity contribution is 5.79. The quantitative estimate of drug-likeness (QED) is 0.745. The highest BCUT2D eigenvalue weighted by Crippen LogP contribution is 2.36. The van der Waals surface area contributed by atoms with Crippen molar-refractivity contribution in [3.8, 4) is 0 Å². The van der Waals surface area contributed by atoms with Gasteiger partial charge in [0.05, 0.1) is 11.6 Å². The summed E-state index contributed by atoms with van der Waals surface area (Å²) in [6.45, 7) is 0.614. The summed E-state index contributed by atoms with van der Waals surface area (Å²) in [5.74, 6) is -1.19. The molecule has 1 N–H and O–H groups in total. The smallest absolute Gasteiger partial charge is 0.320 e. The zero-order valence-electron chi connectivity index (χ0n) is 14.9. The molecule has 2 heterocycles. The van der Waals surface area contributed by atoms with E-state index >= 15 is 0 Å². The van der Waals surface area contributed by atoms with E-state index in [4.69, 9.17) is 0 Å². The van der Waals surface area contributed by atoms with E-state index in [0.717, 1.165) is 29.3 Å². The molecule has 1 aromatic heterocycles. The van der Waals surface area contributed by atoms with E-state index in [-0.39, 0.29) is 5.82 Å². The number of likely N-dealkylation sites (tertiary alicyclic amines) is 1. The van der Waals surface area contributed by atoms with Crippen molar-refractivity contribution in [1.29, 1.82) is 0 Å². The van der Waals surface area contributed by atoms with Crippen molar-refractivity contribution >= 4 is 16.9 Å². The molecule has 5 heteroatoms. The van der Waals surface area contributed by atoms with Crippen LogP contribution in [-0.2, 0) is 4.79 Å². The minimum absolute atomic E-state index is 0.328. The molecule has 1 saturated heterocycles. The van der Waals surface area contributed by atoms with Crippen molar-refractivity contribution in [2.75, 3.05) is 6.54 Å². The number of carbonyl (C=O) groups is 1. The van der Waals surface area contributed by atoms with Crippen LogP contribution in [0.5, 0.6) is 0 Å². The van der Waals surface area contributed by atoms with Gasteiger partial charge in [-0.3, -0.25) is 14.7 Å². The Balaban J connectivity index is 1.87. The number of hydrogen-bond donors (Lipinski definition) is 1. The number of hydrogen-bond acceptors (Lipinski definition) is 3. The van der Waals surface area contributed by atoms with Crippen LogP contribution in [0.4, 0.5) is 4.39 Å². The molecule has 2 aromatic carbocycles. The van der Waals surface area contributed by atoms with Crippen LogP contribution in [0.25, 0.3) is 10.9 Å². The molecule has 4 rings (SSSR count). The Kier molecular flexibility index (Phi) is 4.86. The van der Waals surface area contributed by atoms with Crippen LogP contribution in [0.1, 0.15) is 36.4 Å². The fraction of sp³-hybridized carbons (Fsp3) is 0.273. The molecule has 0 aliphatic carbocycles. The number of piperidine rings is 1. The molecule has 27 heavy (non-hydrogen) atoms.